The van der Waals surface area contributed by atoms with Crippen LogP contribution >= 0.6 is 23.4 Å². The third kappa shape index (κ3) is 3.83. The van der Waals surface area contributed by atoms with Gasteiger partial charge in [0, 0.05) is 12.1 Å². The lowest BCUT2D eigenvalue weighted by atomic mass is 10.1. The number of rotatable bonds is 4. The molecule has 1 saturated heterocycles. The number of hydrogen-bond acceptors (Lipinski definition) is 2. The minimum atomic E-state index is 0.887. The molecule has 0 aromatic carbocycles. The van der Waals surface area contributed by atoms with Crippen molar-refractivity contribution in [3.63, 3.8) is 0 Å². The Balaban J connectivity index is 2.01. The minimum absolute atomic E-state index is 0.887. The summed E-state index contributed by atoms with van der Waals surface area (Å²) in [5.74, 6) is 3.56. The van der Waals surface area contributed by atoms with Crippen molar-refractivity contribution in [1.29, 1.82) is 0 Å². The maximum absolute atomic E-state index is 5.54. The van der Waals surface area contributed by atoms with Crippen LogP contribution in [0.15, 0.2) is 11.1 Å². The van der Waals surface area contributed by atoms with E-state index in [4.69, 9.17) is 11.6 Å². The molecule has 1 unspecified atom stereocenters. The Bertz CT molecular complexity index is 153. The highest BCUT2D eigenvalue weighted by atomic mass is 35.5. The van der Waals surface area contributed by atoms with E-state index in [1.165, 1.54) is 23.5 Å². The van der Waals surface area contributed by atoms with Crippen molar-refractivity contribution in [2.75, 3.05) is 24.6 Å². The second-order valence-corrected chi connectivity index (χ2v) is 4.68. The molecule has 0 radical (unpaired) electrons. The summed E-state index contributed by atoms with van der Waals surface area (Å²) in [6.07, 6.45) is 1.38. The van der Waals surface area contributed by atoms with E-state index in [0.29, 0.717) is 0 Å². The van der Waals surface area contributed by atoms with Gasteiger partial charge < -0.3 is 5.32 Å². The Labute approximate surface area is 83.9 Å². The maximum atomic E-state index is 5.54. The molecule has 1 N–H and O–H groups in total. The Morgan fingerprint density at radius 3 is 3.17 bits per heavy atom. The lowest BCUT2D eigenvalue weighted by Crippen LogP contribution is -2.24. The van der Waals surface area contributed by atoms with E-state index >= 15 is 0 Å². The molecule has 12 heavy (non-hydrogen) atoms. The lowest BCUT2D eigenvalue weighted by molar-refractivity contribution is 0.539. The molecule has 0 amide bonds. The summed E-state index contributed by atoms with van der Waals surface area (Å²) >= 11 is 7.61. The third-order valence-electron chi connectivity index (χ3n) is 2.05. The highest BCUT2D eigenvalue weighted by Gasteiger charge is 2.14. The second kappa shape index (κ2) is 5.90. The van der Waals surface area contributed by atoms with Crippen molar-refractivity contribution in [2.45, 2.75) is 13.3 Å². The van der Waals surface area contributed by atoms with Crippen molar-refractivity contribution >= 4 is 23.4 Å². The molecule has 0 aromatic rings. The van der Waals surface area contributed by atoms with Gasteiger partial charge in [0.1, 0.15) is 0 Å². The largest absolute Gasteiger partial charge is 0.313 e. The molecule has 1 fully saturated rings. The van der Waals surface area contributed by atoms with Gasteiger partial charge in [0.05, 0.1) is 0 Å². The van der Waals surface area contributed by atoms with Gasteiger partial charge in [-0.2, -0.15) is 11.8 Å². The molecule has 0 aromatic heterocycles. The van der Waals surface area contributed by atoms with Crippen LogP contribution < -0.4 is 5.32 Å². The summed E-state index contributed by atoms with van der Waals surface area (Å²) < 4.78 is 0. The average molecular weight is 206 g/mol. The van der Waals surface area contributed by atoms with Crippen molar-refractivity contribution in [1.82, 2.24) is 5.32 Å². The molecule has 70 valence electrons. The molecule has 1 aliphatic rings. The summed E-state index contributed by atoms with van der Waals surface area (Å²) in [5.41, 5.74) is 2.86. The fourth-order valence-corrected chi connectivity index (χ4v) is 2.62. The van der Waals surface area contributed by atoms with Crippen molar-refractivity contribution in [3.05, 3.63) is 11.1 Å². The van der Waals surface area contributed by atoms with Crippen LogP contribution in [0.4, 0.5) is 0 Å². The first kappa shape index (κ1) is 10.4. The quantitative estimate of drug-likeness (QED) is 0.757. The van der Waals surface area contributed by atoms with Crippen LogP contribution in [0.1, 0.15) is 13.3 Å². The molecular formula is C9H16ClNS. The van der Waals surface area contributed by atoms with E-state index in [0.717, 1.165) is 19.0 Å². The van der Waals surface area contributed by atoms with E-state index < -0.39 is 0 Å². The summed E-state index contributed by atoms with van der Waals surface area (Å²) in [5, 5.41) is 3.41. The van der Waals surface area contributed by atoms with E-state index in [2.05, 4.69) is 17.1 Å². The summed E-state index contributed by atoms with van der Waals surface area (Å²) in [6.45, 7) is 4.13. The Morgan fingerprint density at radius 1 is 1.75 bits per heavy atom. The molecule has 1 rings (SSSR count). The predicted molar refractivity (Wildman–Crippen MR) is 57.9 cm³/mol. The van der Waals surface area contributed by atoms with Gasteiger partial charge in [-0.05, 0) is 42.9 Å². The number of halogens is 1. The zero-order valence-electron chi connectivity index (χ0n) is 7.48. The minimum Gasteiger partial charge on any atom is -0.313 e. The number of thioether (sulfide) groups is 1. The summed E-state index contributed by atoms with van der Waals surface area (Å²) in [6, 6.07) is 0. The molecular weight excluding hydrogens is 190 g/mol. The van der Waals surface area contributed by atoms with Crippen LogP contribution in [0, 0.1) is 5.92 Å². The van der Waals surface area contributed by atoms with E-state index in [9.17, 15) is 0 Å². The molecule has 1 atom stereocenters. The van der Waals surface area contributed by atoms with Crippen molar-refractivity contribution in [3.8, 4) is 0 Å². The van der Waals surface area contributed by atoms with Crippen LogP contribution in [0.2, 0.25) is 0 Å². The van der Waals surface area contributed by atoms with Gasteiger partial charge in [-0.25, -0.2) is 0 Å². The van der Waals surface area contributed by atoms with Crippen LogP contribution in [0.25, 0.3) is 0 Å². The maximum Gasteiger partial charge on any atom is 0.0173 e. The highest BCUT2D eigenvalue weighted by Crippen LogP contribution is 2.22. The zero-order chi connectivity index (χ0) is 8.81. The Morgan fingerprint density at radius 2 is 2.58 bits per heavy atom. The third-order valence-corrected chi connectivity index (χ3v) is 3.65. The Kier molecular flexibility index (Phi) is 5.12. The summed E-state index contributed by atoms with van der Waals surface area (Å²) in [7, 11) is 0. The summed E-state index contributed by atoms with van der Waals surface area (Å²) in [4.78, 5) is 0. The first-order valence-electron chi connectivity index (χ1n) is 4.37. The molecule has 1 aliphatic heterocycles. The predicted octanol–water partition coefficient (Wildman–Crippen LogP) is 2.47. The standard InChI is InChI=1S/C9H16ClNS/c1-8(4-10)5-11-6-9-2-3-12-7-9/h4,9,11H,2-3,5-7H2,1H3. The van der Waals surface area contributed by atoms with Crippen LogP contribution in [0.3, 0.4) is 0 Å². The molecule has 3 heteroatoms. The molecule has 0 aliphatic carbocycles. The first-order valence-corrected chi connectivity index (χ1v) is 5.96. The number of hydrogen-bond donors (Lipinski definition) is 1. The average Bonchev–Trinajstić information content (AvgIpc) is 2.57. The van der Waals surface area contributed by atoms with Gasteiger partial charge in [0.15, 0.2) is 0 Å². The lowest BCUT2D eigenvalue weighted by Gasteiger charge is -2.09. The Hall–Kier alpha value is 0.340. The van der Waals surface area contributed by atoms with Gasteiger partial charge in [-0.15, -0.1) is 0 Å². The van der Waals surface area contributed by atoms with E-state index in [1.54, 1.807) is 5.54 Å². The van der Waals surface area contributed by atoms with E-state index in [-0.39, 0.29) is 0 Å². The van der Waals surface area contributed by atoms with E-state index in [1.807, 2.05) is 6.92 Å². The fraction of sp³-hybridized carbons (Fsp3) is 0.778. The van der Waals surface area contributed by atoms with Crippen LogP contribution in [-0.4, -0.2) is 24.6 Å². The molecule has 1 heterocycles. The highest BCUT2D eigenvalue weighted by molar-refractivity contribution is 7.99. The van der Waals surface area contributed by atoms with Crippen molar-refractivity contribution in [2.24, 2.45) is 5.92 Å². The zero-order valence-corrected chi connectivity index (χ0v) is 9.05. The molecule has 0 saturated carbocycles. The molecule has 0 bridgehead atoms. The second-order valence-electron chi connectivity index (χ2n) is 3.32. The van der Waals surface area contributed by atoms with Crippen LogP contribution in [-0.2, 0) is 0 Å². The first-order chi connectivity index (χ1) is 5.83. The van der Waals surface area contributed by atoms with Gasteiger partial charge in [-0.3, -0.25) is 0 Å². The SMILES string of the molecule is CC(=CCl)CNCC1CCSC1. The van der Waals surface area contributed by atoms with Gasteiger partial charge in [0.2, 0.25) is 0 Å². The smallest absolute Gasteiger partial charge is 0.0173 e. The normalized spacial score (nSPS) is 24.8. The van der Waals surface area contributed by atoms with Crippen LogP contribution in [0.5, 0.6) is 0 Å². The van der Waals surface area contributed by atoms with Gasteiger partial charge in [0.25, 0.3) is 0 Å². The van der Waals surface area contributed by atoms with Gasteiger partial charge in [-0.1, -0.05) is 11.6 Å². The topological polar surface area (TPSA) is 12.0 Å². The monoisotopic (exact) mass is 205 g/mol. The van der Waals surface area contributed by atoms with Gasteiger partial charge >= 0.3 is 0 Å². The fourth-order valence-electron chi connectivity index (χ4n) is 1.26. The molecule has 1 nitrogen and oxygen atoms in total. The van der Waals surface area contributed by atoms with Crippen molar-refractivity contribution < 1.29 is 0 Å². The molecule has 0 spiro atoms. The number of nitrogens with one attached hydrogen (secondary N) is 1.